The normalized spacial score (nSPS) is 20.2. The lowest BCUT2D eigenvalue weighted by atomic mass is 9.93. The van der Waals surface area contributed by atoms with E-state index in [1.807, 2.05) is 55.5 Å². The molecule has 2 fully saturated rings. The highest BCUT2D eigenvalue weighted by molar-refractivity contribution is 5.96. The summed E-state index contributed by atoms with van der Waals surface area (Å²) in [4.78, 5) is 26.7. The van der Waals surface area contributed by atoms with Crippen LogP contribution in [0.2, 0.25) is 0 Å². The first-order chi connectivity index (χ1) is 19.9. The van der Waals surface area contributed by atoms with Crippen LogP contribution in [0.5, 0.6) is 11.6 Å². The molecule has 3 heterocycles. The van der Waals surface area contributed by atoms with Crippen molar-refractivity contribution in [3.05, 3.63) is 72.1 Å². The highest BCUT2D eigenvalue weighted by Gasteiger charge is 2.42. The van der Waals surface area contributed by atoms with Crippen LogP contribution in [0.4, 0.5) is 14.7 Å². The average molecular weight is 558 g/mol. The average Bonchev–Trinajstić information content (AvgIpc) is 3.35. The van der Waals surface area contributed by atoms with Gasteiger partial charge in [0.1, 0.15) is 11.5 Å². The van der Waals surface area contributed by atoms with E-state index in [2.05, 4.69) is 20.6 Å². The summed E-state index contributed by atoms with van der Waals surface area (Å²) < 4.78 is 34.0. The third-order valence-corrected chi connectivity index (χ3v) is 8.05. The fourth-order valence-electron chi connectivity index (χ4n) is 5.85. The first kappa shape index (κ1) is 27.2. The van der Waals surface area contributed by atoms with Crippen LogP contribution in [-0.2, 0) is 11.2 Å². The van der Waals surface area contributed by atoms with Crippen LogP contribution in [0.3, 0.4) is 0 Å². The number of rotatable bonds is 8. The smallest absolute Gasteiger partial charge is 0.248 e. The summed E-state index contributed by atoms with van der Waals surface area (Å²) in [5.74, 6) is -1.89. The molecule has 0 amide bonds. The monoisotopic (exact) mass is 557 g/mol. The lowest BCUT2D eigenvalue weighted by Gasteiger charge is -2.23. The molecule has 0 unspecified atom stereocenters. The second kappa shape index (κ2) is 11.5. The number of carbonyl (C=O) groups is 1. The third-order valence-electron chi connectivity index (χ3n) is 8.05. The molecule has 2 aliphatic rings. The van der Waals surface area contributed by atoms with E-state index in [1.54, 1.807) is 12.4 Å². The number of nitrogens with zero attached hydrogens (tertiary/aromatic N) is 3. The van der Waals surface area contributed by atoms with Gasteiger partial charge >= 0.3 is 0 Å². The van der Waals surface area contributed by atoms with Crippen molar-refractivity contribution in [1.29, 1.82) is 0 Å². The van der Waals surface area contributed by atoms with E-state index in [1.165, 1.54) is 0 Å². The summed E-state index contributed by atoms with van der Waals surface area (Å²) in [6.07, 6.45) is 5.35. The molecule has 9 heteroatoms. The summed E-state index contributed by atoms with van der Waals surface area (Å²) in [5, 5.41) is 8.51. The lowest BCUT2D eigenvalue weighted by molar-refractivity contribution is -0.123. The number of aromatic nitrogens is 3. The van der Waals surface area contributed by atoms with Gasteiger partial charge in [-0.15, -0.1) is 0 Å². The summed E-state index contributed by atoms with van der Waals surface area (Å²) in [6.45, 7) is 3.86. The van der Waals surface area contributed by atoms with Crippen molar-refractivity contribution in [2.75, 3.05) is 18.4 Å². The quantitative estimate of drug-likeness (QED) is 0.256. The molecule has 1 saturated heterocycles. The van der Waals surface area contributed by atoms with E-state index in [4.69, 9.17) is 9.72 Å². The summed E-state index contributed by atoms with van der Waals surface area (Å²) in [7, 11) is 0. The molecule has 1 saturated carbocycles. The number of anilines is 1. The largest absolute Gasteiger partial charge is 0.437 e. The zero-order valence-electron chi connectivity index (χ0n) is 23.0. The van der Waals surface area contributed by atoms with Gasteiger partial charge in [-0.25, -0.2) is 23.7 Å². The van der Waals surface area contributed by atoms with E-state index < -0.39 is 11.8 Å². The van der Waals surface area contributed by atoms with Crippen LogP contribution < -0.4 is 15.4 Å². The molecule has 2 N–H and O–H groups in total. The molecule has 2 aromatic heterocycles. The molecule has 2 atom stereocenters. The molecule has 0 radical (unpaired) electrons. The fraction of sp³-hybridized carbons (Fsp3) is 0.375. The second-order valence-electron chi connectivity index (χ2n) is 11.1. The number of hydrogen-bond donors (Lipinski definition) is 2. The maximum Gasteiger partial charge on any atom is 0.248 e. The van der Waals surface area contributed by atoms with E-state index >= 15 is 0 Å². The molecular weight excluding hydrogens is 524 g/mol. The number of alkyl halides is 2. The highest BCUT2D eigenvalue weighted by atomic mass is 19.3. The Balaban J connectivity index is 1.29. The SMILES string of the molecule is Cc1ccc2c(CC(=O)[C@@H]3CCC(F)(F)C3)cccc2c1Oc1ncccc1-c1ccnc(N[C@H]2CCCNC2)n1. The number of ketones is 1. The number of pyridine rings is 1. The third kappa shape index (κ3) is 6.05. The van der Waals surface area contributed by atoms with Gasteiger partial charge in [0.25, 0.3) is 0 Å². The molecule has 212 valence electrons. The molecule has 0 bridgehead atoms. The van der Waals surface area contributed by atoms with Crippen molar-refractivity contribution in [1.82, 2.24) is 20.3 Å². The van der Waals surface area contributed by atoms with Gasteiger partial charge in [-0.05, 0) is 67.4 Å². The predicted octanol–water partition coefficient (Wildman–Crippen LogP) is 6.50. The van der Waals surface area contributed by atoms with Gasteiger partial charge in [-0.1, -0.05) is 30.3 Å². The van der Waals surface area contributed by atoms with E-state index in [0.717, 1.165) is 53.4 Å². The first-order valence-corrected chi connectivity index (χ1v) is 14.2. The van der Waals surface area contributed by atoms with Crippen molar-refractivity contribution in [2.45, 2.75) is 57.4 Å². The van der Waals surface area contributed by atoms with Crippen molar-refractivity contribution in [3.8, 4) is 22.9 Å². The highest BCUT2D eigenvalue weighted by Crippen LogP contribution is 2.41. The Morgan fingerprint density at radius 1 is 1.07 bits per heavy atom. The van der Waals surface area contributed by atoms with Crippen LogP contribution in [0.25, 0.3) is 22.0 Å². The number of benzene rings is 2. The molecule has 0 spiro atoms. The molecule has 1 aliphatic carbocycles. The van der Waals surface area contributed by atoms with Crippen LogP contribution in [0.15, 0.2) is 60.9 Å². The lowest BCUT2D eigenvalue weighted by Crippen LogP contribution is -2.38. The number of nitrogens with one attached hydrogen (secondary N) is 2. The van der Waals surface area contributed by atoms with Crippen molar-refractivity contribution in [2.24, 2.45) is 5.92 Å². The summed E-state index contributed by atoms with van der Waals surface area (Å²) in [5.41, 5.74) is 3.12. The van der Waals surface area contributed by atoms with Crippen molar-refractivity contribution < 1.29 is 18.3 Å². The van der Waals surface area contributed by atoms with Gasteiger partial charge in [-0.3, -0.25) is 4.79 Å². The Labute approximate surface area is 237 Å². The molecule has 7 nitrogen and oxygen atoms in total. The Morgan fingerprint density at radius 3 is 2.78 bits per heavy atom. The zero-order valence-corrected chi connectivity index (χ0v) is 23.0. The zero-order chi connectivity index (χ0) is 28.4. The predicted molar refractivity (Wildman–Crippen MR) is 155 cm³/mol. The maximum atomic E-state index is 13.7. The number of fused-ring (bicyclic) bond motifs is 1. The summed E-state index contributed by atoms with van der Waals surface area (Å²) in [6, 6.07) is 15.5. The number of aryl methyl sites for hydroxylation is 1. The van der Waals surface area contributed by atoms with Gasteiger partial charge in [0, 0.05) is 55.5 Å². The summed E-state index contributed by atoms with van der Waals surface area (Å²) >= 11 is 0. The van der Waals surface area contributed by atoms with Crippen molar-refractivity contribution in [3.63, 3.8) is 0 Å². The number of piperidine rings is 1. The Kier molecular flexibility index (Phi) is 7.62. The van der Waals surface area contributed by atoms with E-state index in [9.17, 15) is 13.6 Å². The fourth-order valence-corrected chi connectivity index (χ4v) is 5.85. The minimum Gasteiger partial charge on any atom is -0.437 e. The van der Waals surface area contributed by atoms with Gasteiger partial charge in [-0.2, -0.15) is 0 Å². The molecular formula is C32H33F2N5O2. The molecule has 41 heavy (non-hydrogen) atoms. The molecule has 6 rings (SSSR count). The molecule has 2 aromatic carbocycles. The number of carbonyl (C=O) groups excluding carboxylic acids is 1. The first-order valence-electron chi connectivity index (χ1n) is 14.2. The second-order valence-corrected chi connectivity index (χ2v) is 11.1. The van der Waals surface area contributed by atoms with E-state index in [-0.39, 0.29) is 37.5 Å². The maximum absolute atomic E-state index is 13.7. The van der Waals surface area contributed by atoms with Gasteiger partial charge in [0.05, 0.1) is 11.3 Å². The van der Waals surface area contributed by atoms with Gasteiger partial charge in [0.2, 0.25) is 17.8 Å². The number of halogens is 2. The number of ether oxygens (including phenoxy) is 1. The number of Topliss-reactive ketones (excluding diaryl/α,β-unsaturated/α-hetero) is 1. The Hall–Kier alpha value is -3.98. The van der Waals surface area contributed by atoms with Crippen LogP contribution in [0, 0.1) is 12.8 Å². The van der Waals surface area contributed by atoms with Crippen LogP contribution in [0.1, 0.15) is 43.2 Å². The standard InChI is InChI=1S/C32H33F2N5O2/c1-20-9-10-24-21(17-28(40)22-11-13-32(33,34)18-22)5-2-7-25(24)29(20)41-30-26(8-4-15-36-30)27-12-16-37-31(39-27)38-23-6-3-14-35-19-23/h2,4-5,7-10,12,15-16,22-23,35H,3,6,11,13-14,17-19H2,1H3,(H,37,38,39)/t22-,23+/m1/s1. The van der Waals surface area contributed by atoms with Crippen LogP contribution >= 0.6 is 0 Å². The van der Waals surface area contributed by atoms with Gasteiger partial charge in [0.15, 0.2) is 0 Å². The minimum absolute atomic E-state index is 0.114. The minimum atomic E-state index is -2.74. The van der Waals surface area contributed by atoms with Crippen LogP contribution in [-0.4, -0.2) is 45.8 Å². The Morgan fingerprint density at radius 2 is 1.98 bits per heavy atom. The topological polar surface area (TPSA) is 89.0 Å². The van der Waals surface area contributed by atoms with Crippen molar-refractivity contribution >= 4 is 22.5 Å². The number of hydrogen-bond acceptors (Lipinski definition) is 7. The van der Waals surface area contributed by atoms with E-state index in [0.29, 0.717) is 23.3 Å². The molecule has 4 aromatic rings. The Bertz CT molecular complexity index is 1570. The molecule has 1 aliphatic heterocycles. The van der Waals surface area contributed by atoms with Gasteiger partial charge < -0.3 is 15.4 Å².